The Morgan fingerprint density at radius 3 is 2.06 bits per heavy atom. The molecule has 1 rings (SSSR count). The van der Waals surface area contributed by atoms with E-state index in [-0.39, 0.29) is 5.41 Å². The van der Waals surface area contributed by atoms with Gasteiger partial charge < -0.3 is 13.9 Å². The Labute approximate surface area is 107 Å². The van der Waals surface area contributed by atoms with Crippen molar-refractivity contribution in [2.75, 3.05) is 19.8 Å². The van der Waals surface area contributed by atoms with E-state index in [0.29, 0.717) is 13.2 Å². The van der Waals surface area contributed by atoms with Gasteiger partial charge in [0, 0.05) is 26.2 Å². The first-order valence-electron chi connectivity index (χ1n) is 7.12. The molecule has 1 aliphatic rings. The lowest BCUT2D eigenvalue weighted by Gasteiger charge is -2.49. The van der Waals surface area contributed by atoms with Crippen LogP contribution in [0, 0.1) is 0 Å². The zero-order valence-corrected chi connectivity index (χ0v) is 12.9. The van der Waals surface area contributed by atoms with E-state index < -0.39 is 8.32 Å². The van der Waals surface area contributed by atoms with Gasteiger partial charge in [-0.15, -0.1) is 0 Å². The average Bonchev–Trinajstić information content (AvgIpc) is 2.33. The lowest BCUT2D eigenvalue weighted by atomic mass is 10.2. The van der Waals surface area contributed by atoms with Crippen LogP contribution in [0.3, 0.4) is 0 Å². The Morgan fingerprint density at radius 1 is 0.941 bits per heavy atom. The molecular weight excluding hydrogens is 232 g/mol. The lowest BCUT2D eigenvalue weighted by Crippen LogP contribution is -2.65. The quantitative estimate of drug-likeness (QED) is 0.518. The Balaban J connectivity index is 2.99. The second-order valence-electron chi connectivity index (χ2n) is 4.61. The first-order chi connectivity index (χ1) is 8.20. The first-order valence-corrected chi connectivity index (χ1v) is 9.44. The predicted octanol–water partition coefficient (Wildman–Crippen LogP) is 3.48. The molecule has 0 bridgehead atoms. The van der Waals surface area contributed by atoms with Gasteiger partial charge in [-0.2, -0.15) is 0 Å². The fraction of sp³-hybridized carbons (Fsp3) is 1.00. The zero-order chi connectivity index (χ0) is 12.8. The van der Waals surface area contributed by atoms with Crippen LogP contribution in [0.25, 0.3) is 0 Å². The van der Waals surface area contributed by atoms with Crippen LogP contribution in [0.1, 0.15) is 47.0 Å². The van der Waals surface area contributed by atoms with E-state index in [1.165, 1.54) is 18.9 Å². The molecule has 4 heteroatoms. The van der Waals surface area contributed by atoms with Gasteiger partial charge in [0.25, 0.3) is 8.32 Å². The highest BCUT2D eigenvalue weighted by molar-refractivity contribution is 6.76. The van der Waals surface area contributed by atoms with E-state index in [0.717, 1.165) is 19.1 Å². The molecule has 3 nitrogen and oxygen atoms in total. The molecule has 1 atom stereocenters. The molecule has 0 aliphatic carbocycles. The summed E-state index contributed by atoms with van der Waals surface area (Å²) < 4.78 is 18.4. The minimum atomic E-state index is -1.92. The van der Waals surface area contributed by atoms with Gasteiger partial charge in [-0.3, -0.25) is 0 Å². The summed E-state index contributed by atoms with van der Waals surface area (Å²) in [5.74, 6) is 0. The molecule has 0 spiro atoms. The topological polar surface area (TPSA) is 27.7 Å². The van der Waals surface area contributed by atoms with Crippen LogP contribution in [0.2, 0.25) is 12.1 Å². The third kappa shape index (κ3) is 2.92. The second-order valence-corrected chi connectivity index (χ2v) is 8.85. The fourth-order valence-electron chi connectivity index (χ4n) is 3.11. The van der Waals surface area contributed by atoms with E-state index in [1.54, 1.807) is 0 Å². The Morgan fingerprint density at radius 2 is 1.59 bits per heavy atom. The Hall–Kier alpha value is 0.0969. The van der Waals surface area contributed by atoms with Crippen molar-refractivity contribution in [1.82, 2.24) is 0 Å². The summed E-state index contributed by atoms with van der Waals surface area (Å²) in [4.78, 5) is 0. The van der Waals surface area contributed by atoms with Gasteiger partial charge in [-0.1, -0.05) is 13.3 Å². The van der Waals surface area contributed by atoms with Crippen LogP contribution in [-0.4, -0.2) is 33.5 Å². The second kappa shape index (κ2) is 6.88. The largest absolute Gasteiger partial charge is 0.411 e. The standard InChI is InChI=1S/C13H28O3Si/c1-5-14-13(15-6-2)11-9-10-12-17(13,8-4)16-7-3/h5-12H2,1-4H3. The first kappa shape index (κ1) is 15.2. The van der Waals surface area contributed by atoms with Crippen LogP contribution in [0.5, 0.6) is 0 Å². The molecule has 0 amide bonds. The molecule has 0 aromatic rings. The van der Waals surface area contributed by atoms with Crippen molar-refractivity contribution >= 4 is 8.32 Å². The maximum Gasteiger partial charge on any atom is 0.256 e. The van der Waals surface area contributed by atoms with Crippen LogP contribution >= 0.6 is 0 Å². The van der Waals surface area contributed by atoms with Crippen molar-refractivity contribution in [2.24, 2.45) is 0 Å². The molecule has 0 radical (unpaired) electrons. The molecule has 1 aliphatic heterocycles. The van der Waals surface area contributed by atoms with Crippen molar-refractivity contribution in [3.05, 3.63) is 0 Å². The molecule has 0 N–H and O–H groups in total. The van der Waals surface area contributed by atoms with Gasteiger partial charge in [-0.25, -0.2) is 0 Å². The maximum atomic E-state index is 6.23. The molecule has 1 saturated heterocycles. The fourth-order valence-corrected chi connectivity index (χ4v) is 7.77. The van der Waals surface area contributed by atoms with Crippen molar-refractivity contribution in [3.63, 3.8) is 0 Å². The van der Waals surface area contributed by atoms with E-state index in [4.69, 9.17) is 13.9 Å². The minimum Gasteiger partial charge on any atom is -0.411 e. The van der Waals surface area contributed by atoms with Crippen LogP contribution in [0.15, 0.2) is 0 Å². The lowest BCUT2D eigenvalue weighted by molar-refractivity contribution is -0.199. The van der Waals surface area contributed by atoms with E-state index >= 15 is 0 Å². The Kier molecular flexibility index (Phi) is 6.13. The molecule has 1 heterocycles. The van der Waals surface area contributed by atoms with Crippen molar-refractivity contribution < 1.29 is 13.9 Å². The van der Waals surface area contributed by atoms with E-state index in [2.05, 4.69) is 27.7 Å². The Bertz CT molecular complexity index is 207. The molecule has 0 aromatic heterocycles. The van der Waals surface area contributed by atoms with Crippen LogP contribution < -0.4 is 0 Å². The number of ether oxygens (including phenoxy) is 2. The van der Waals surface area contributed by atoms with Gasteiger partial charge in [0.05, 0.1) is 0 Å². The normalized spacial score (nSPS) is 28.2. The summed E-state index contributed by atoms with van der Waals surface area (Å²) in [6.07, 6.45) is 3.47. The summed E-state index contributed by atoms with van der Waals surface area (Å²) in [6, 6.07) is 2.26. The van der Waals surface area contributed by atoms with Crippen LogP contribution in [-0.2, 0) is 13.9 Å². The monoisotopic (exact) mass is 260 g/mol. The SMILES string of the molecule is CCOC1(OCC)CCCC[Si]1(CC)OCC. The molecule has 0 saturated carbocycles. The third-order valence-electron chi connectivity index (χ3n) is 3.78. The molecule has 1 unspecified atom stereocenters. The molecule has 17 heavy (non-hydrogen) atoms. The zero-order valence-electron chi connectivity index (χ0n) is 11.9. The number of hydrogen-bond donors (Lipinski definition) is 0. The summed E-state index contributed by atoms with van der Waals surface area (Å²) in [5.41, 5.74) is -0.389. The van der Waals surface area contributed by atoms with Gasteiger partial charge in [0.2, 0.25) is 0 Å². The minimum absolute atomic E-state index is 0.389. The number of hydrogen-bond acceptors (Lipinski definition) is 3. The van der Waals surface area contributed by atoms with E-state index in [1.807, 2.05) is 0 Å². The van der Waals surface area contributed by atoms with E-state index in [9.17, 15) is 0 Å². The van der Waals surface area contributed by atoms with Gasteiger partial charge in [-0.05, 0) is 39.3 Å². The van der Waals surface area contributed by atoms with Crippen molar-refractivity contribution in [2.45, 2.75) is 64.5 Å². The van der Waals surface area contributed by atoms with Crippen LogP contribution in [0.4, 0.5) is 0 Å². The molecular formula is C13H28O3Si. The van der Waals surface area contributed by atoms with Crippen molar-refractivity contribution in [1.29, 1.82) is 0 Å². The highest BCUT2D eigenvalue weighted by Gasteiger charge is 2.57. The highest BCUT2D eigenvalue weighted by Crippen LogP contribution is 2.43. The number of rotatable bonds is 7. The predicted molar refractivity (Wildman–Crippen MR) is 72.5 cm³/mol. The van der Waals surface area contributed by atoms with Gasteiger partial charge in [0.1, 0.15) is 0 Å². The van der Waals surface area contributed by atoms with Gasteiger partial charge in [0.15, 0.2) is 5.41 Å². The van der Waals surface area contributed by atoms with Crippen molar-refractivity contribution in [3.8, 4) is 0 Å². The summed E-state index contributed by atoms with van der Waals surface area (Å²) in [7, 11) is -1.92. The summed E-state index contributed by atoms with van der Waals surface area (Å²) in [6.45, 7) is 10.6. The maximum absolute atomic E-state index is 6.23. The molecule has 1 fully saturated rings. The third-order valence-corrected chi connectivity index (χ3v) is 8.85. The average molecular weight is 260 g/mol. The van der Waals surface area contributed by atoms with Gasteiger partial charge >= 0.3 is 0 Å². The smallest absolute Gasteiger partial charge is 0.256 e. The summed E-state index contributed by atoms with van der Waals surface area (Å²) >= 11 is 0. The molecule has 0 aromatic carbocycles. The highest BCUT2D eigenvalue weighted by atomic mass is 28.4. The molecule has 102 valence electrons. The summed E-state index contributed by atoms with van der Waals surface area (Å²) in [5, 5.41) is 0.